The summed E-state index contributed by atoms with van der Waals surface area (Å²) in [4.78, 5) is 19.7. The first-order valence-electron chi connectivity index (χ1n) is 3.30. The average Bonchev–Trinajstić information content (AvgIpc) is 1.82. The summed E-state index contributed by atoms with van der Waals surface area (Å²) in [6.45, 7) is 1.43. The van der Waals surface area contributed by atoms with Crippen LogP contribution in [0.4, 0.5) is 0 Å². The Labute approximate surface area is 65.5 Å². The fraction of sp³-hybridized carbons (Fsp3) is 0.833. The molecule has 5 nitrogen and oxygen atoms in total. The first kappa shape index (κ1) is 12.7. The number of carbonyl (C=O) groups excluding carboxylic acids is 1. The number of ketones is 1. The van der Waals surface area contributed by atoms with Crippen molar-refractivity contribution in [2.75, 3.05) is 6.54 Å². The lowest BCUT2D eigenvalue weighted by atomic mass is 10.2. The predicted molar refractivity (Wildman–Crippen MR) is 41.4 cm³/mol. The molecule has 0 aromatic carbocycles. The minimum absolute atomic E-state index is 0. The van der Waals surface area contributed by atoms with Crippen molar-refractivity contribution in [2.45, 2.75) is 26.2 Å². The largest absolute Gasteiger partial charge is 0.344 e. The Hall–Kier alpha value is -0.970. The lowest BCUT2D eigenvalue weighted by molar-refractivity contribution is -0.467. The summed E-state index contributed by atoms with van der Waals surface area (Å²) in [5.74, 6) is -0.271. The number of rotatable bonds is 5. The highest BCUT2D eigenvalue weighted by Crippen LogP contribution is 1.94. The Morgan fingerprint density at radius 3 is 2.45 bits per heavy atom. The molecule has 5 heteroatoms. The molecule has 0 rings (SSSR count). The van der Waals surface area contributed by atoms with Gasteiger partial charge >= 0.3 is 0 Å². The van der Waals surface area contributed by atoms with Crippen LogP contribution in [-0.2, 0) is 4.79 Å². The zero-order valence-corrected chi connectivity index (χ0v) is 6.71. The van der Waals surface area contributed by atoms with Crippen LogP contribution >= 0.6 is 0 Å². The van der Waals surface area contributed by atoms with Gasteiger partial charge in [-0.3, -0.25) is 14.9 Å². The van der Waals surface area contributed by atoms with E-state index in [1.165, 1.54) is 0 Å². The summed E-state index contributed by atoms with van der Waals surface area (Å²) in [5, 5.41) is 9.76. The van der Waals surface area contributed by atoms with Crippen LogP contribution in [-0.4, -0.2) is 17.3 Å². The van der Waals surface area contributed by atoms with E-state index < -0.39 is 11.5 Å². The molecule has 0 radical (unpaired) electrons. The maximum atomic E-state index is 10.6. The fourth-order valence-corrected chi connectivity index (χ4v) is 0.597. The second-order valence-corrected chi connectivity index (χ2v) is 2.13. The molecule has 0 aromatic heterocycles. The first-order valence-corrected chi connectivity index (χ1v) is 3.30. The highest BCUT2D eigenvalue weighted by Gasteiger charge is 2.07. The summed E-state index contributed by atoms with van der Waals surface area (Å²) in [5.41, 5.74) is 0. The fourth-order valence-electron chi connectivity index (χ4n) is 0.597. The van der Waals surface area contributed by atoms with Crippen molar-refractivity contribution in [3.63, 3.8) is 0 Å². The van der Waals surface area contributed by atoms with Gasteiger partial charge in [0, 0.05) is 11.3 Å². The number of hydrogen-bond acceptors (Lipinski definition) is 4. The number of unbranched alkanes of at least 4 members (excludes halogenated alkanes) is 1. The van der Waals surface area contributed by atoms with E-state index in [-0.39, 0.29) is 11.9 Å². The van der Waals surface area contributed by atoms with Gasteiger partial charge in [-0.2, -0.15) is 0 Å². The van der Waals surface area contributed by atoms with Gasteiger partial charge in [0.05, 0.1) is 0 Å². The Morgan fingerprint density at radius 2 is 2.09 bits per heavy atom. The monoisotopic (exact) mass is 162 g/mol. The number of nitrogens with zero attached hydrogens (tertiary/aromatic N) is 1. The molecule has 0 atom stereocenters. The molecule has 0 aliphatic rings. The van der Waals surface area contributed by atoms with E-state index in [0.717, 1.165) is 12.8 Å². The van der Waals surface area contributed by atoms with Gasteiger partial charge in [0.25, 0.3) is 6.54 Å². The number of carbonyl (C=O) groups is 1. The van der Waals surface area contributed by atoms with E-state index in [4.69, 9.17) is 0 Å². The third kappa shape index (κ3) is 9.03. The van der Waals surface area contributed by atoms with Crippen molar-refractivity contribution >= 4 is 5.78 Å². The zero-order chi connectivity index (χ0) is 7.98. The van der Waals surface area contributed by atoms with E-state index >= 15 is 0 Å². The van der Waals surface area contributed by atoms with E-state index in [0.29, 0.717) is 6.42 Å². The molecule has 0 spiro atoms. The van der Waals surface area contributed by atoms with Gasteiger partial charge in [0.15, 0.2) is 0 Å². The van der Waals surface area contributed by atoms with Crippen LogP contribution in [0.15, 0.2) is 0 Å². The van der Waals surface area contributed by atoms with Crippen LogP contribution in [0.1, 0.15) is 26.2 Å². The Morgan fingerprint density at radius 1 is 1.55 bits per heavy atom. The highest BCUT2D eigenvalue weighted by atomic mass is 16.6. The molecular weight excluding hydrogens is 148 g/mol. The summed E-state index contributed by atoms with van der Waals surface area (Å²) < 4.78 is 0. The van der Waals surface area contributed by atoms with Gasteiger partial charge in [-0.1, -0.05) is 13.3 Å². The van der Waals surface area contributed by atoms with Gasteiger partial charge in [-0.15, -0.1) is 0 Å². The maximum absolute atomic E-state index is 10.6. The topological polar surface area (TPSA) is 95.2 Å². The lowest BCUT2D eigenvalue weighted by Crippen LogP contribution is -2.12. The summed E-state index contributed by atoms with van der Waals surface area (Å²) in [6, 6.07) is 0. The molecule has 0 aliphatic heterocycles. The standard InChI is InChI=1S/C6H11NO3.H3N/c1-2-3-4-6(8)5-7(9)10;/h2-5H2,1H3;1H3. The summed E-state index contributed by atoms with van der Waals surface area (Å²) in [6.07, 6.45) is 2.01. The van der Waals surface area contributed by atoms with E-state index in [1.54, 1.807) is 0 Å². The first-order chi connectivity index (χ1) is 4.66. The van der Waals surface area contributed by atoms with Crippen LogP contribution in [0.2, 0.25) is 0 Å². The van der Waals surface area contributed by atoms with E-state index in [9.17, 15) is 14.9 Å². The molecule has 0 bridgehead atoms. The van der Waals surface area contributed by atoms with Gasteiger partial charge < -0.3 is 6.15 Å². The summed E-state index contributed by atoms with van der Waals surface area (Å²) in [7, 11) is 0. The molecule has 0 aromatic rings. The van der Waals surface area contributed by atoms with E-state index in [1.807, 2.05) is 6.92 Å². The molecular formula is C6H14N2O3. The van der Waals surface area contributed by atoms with Crippen molar-refractivity contribution < 1.29 is 9.72 Å². The number of hydrogen-bond donors (Lipinski definition) is 1. The van der Waals surface area contributed by atoms with Crippen molar-refractivity contribution in [1.82, 2.24) is 6.15 Å². The second kappa shape index (κ2) is 7.14. The van der Waals surface area contributed by atoms with Gasteiger partial charge in [0.2, 0.25) is 5.78 Å². The third-order valence-corrected chi connectivity index (χ3v) is 1.11. The predicted octanol–water partition coefficient (Wildman–Crippen LogP) is 1.18. The minimum Gasteiger partial charge on any atom is -0.344 e. The quantitative estimate of drug-likeness (QED) is 0.485. The Balaban J connectivity index is 0. The minimum atomic E-state index is -0.585. The Bertz CT molecular complexity index is 136. The van der Waals surface area contributed by atoms with Crippen LogP contribution < -0.4 is 6.15 Å². The Kier molecular flexibility index (Phi) is 8.23. The van der Waals surface area contributed by atoms with Crippen LogP contribution in [0, 0.1) is 10.1 Å². The molecule has 11 heavy (non-hydrogen) atoms. The van der Waals surface area contributed by atoms with Gasteiger partial charge in [-0.25, -0.2) is 0 Å². The third-order valence-electron chi connectivity index (χ3n) is 1.11. The van der Waals surface area contributed by atoms with E-state index in [2.05, 4.69) is 0 Å². The highest BCUT2D eigenvalue weighted by molar-refractivity contribution is 5.79. The van der Waals surface area contributed by atoms with Crippen molar-refractivity contribution in [2.24, 2.45) is 0 Å². The second-order valence-electron chi connectivity index (χ2n) is 2.13. The molecule has 0 saturated heterocycles. The molecule has 0 unspecified atom stereocenters. The van der Waals surface area contributed by atoms with Gasteiger partial charge in [-0.05, 0) is 6.42 Å². The zero-order valence-electron chi connectivity index (χ0n) is 6.71. The molecule has 0 saturated carbocycles. The molecule has 3 N–H and O–H groups in total. The SMILES string of the molecule is CCCCC(=O)C[N+](=O)[O-].N. The molecule has 0 aliphatic carbocycles. The summed E-state index contributed by atoms with van der Waals surface area (Å²) >= 11 is 0. The van der Waals surface area contributed by atoms with Crippen molar-refractivity contribution in [3.8, 4) is 0 Å². The van der Waals surface area contributed by atoms with Crippen molar-refractivity contribution in [3.05, 3.63) is 10.1 Å². The normalized spacial score (nSPS) is 8.45. The van der Waals surface area contributed by atoms with Crippen LogP contribution in [0.3, 0.4) is 0 Å². The molecule has 0 heterocycles. The average molecular weight is 162 g/mol. The lowest BCUT2D eigenvalue weighted by Gasteiger charge is -1.91. The maximum Gasteiger partial charge on any atom is 0.261 e. The van der Waals surface area contributed by atoms with Crippen molar-refractivity contribution in [1.29, 1.82) is 0 Å². The number of Topliss-reactive ketones (excluding diaryl/α,β-unsaturated/α-hetero) is 1. The van der Waals surface area contributed by atoms with Crippen LogP contribution in [0.25, 0.3) is 0 Å². The van der Waals surface area contributed by atoms with Crippen LogP contribution in [0.5, 0.6) is 0 Å². The smallest absolute Gasteiger partial charge is 0.261 e. The molecule has 66 valence electrons. The molecule has 0 amide bonds. The molecule has 0 fully saturated rings. The number of nitro groups is 1. The van der Waals surface area contributed by atoms with Gasteiger partial charge in [0.1, 0.15) is 0 Å².